The topological polar surface area (TPSA) is 107 Å². The van der Waals surface area contributed by atoms with Gasteiger partial charge in [-0.1, -0.05) is 6.92 Å². The monoisotopic (exact) mass is 495 g/mol. The molecule has 1 aromatic carbocycles. The van der Waals surface area contributed by atoms with Crippen LogP contribution < -0.4 is 0 Å². The molecule has 0 unspecified atom stereocenters. The van der Waals surface area contributed by atoms with Gasteiger partial charge in [-0.3, -0.25) is 9.78 Å². The van der Waals surface area contributed by atoms with Crippen molar-refractivity contribution in [2.24, 2.45) is 5.92 Å². The lowest BCUT2D eigenvalue weighted by Gasteiger charge is -2.43. The van der Waals surface area contributed by atoms with Crippen LogP contribution in [0.3, 0.4) is 0 Å². The first kappa shape index (κ1) is 25.5. The Morgan fingerprint density at radius 1 is 1.17 bits per heavy atom. The molecule has 0 aliphatic heterocycles. The number of aromatic nitrogens is 2. The summed E-state index contributed by atoms with van der Waals surface area (Å²) >= 11 is 0. The highest BCUT2D eigenvalue weighted by molar-refractivity contribution is 5.96. The van der Waals surface area contributed by atoms with Crippen LogP contribution in [0.5, 0.6) is 0 Å². The summed E-state index contributed by atoms with van der Waals surface area (Å²) in [5, 5.41) is 30.0. The highest BCUT2D eigenvalue weighted by Gasteiger charge is 2.43. The van der Waals surface area contributed by atoms with Crippen molar-refractivity contribution in [2.45, 2.75) is 50.7 Å². The Morgan fingerprint density at radius 3 is 2.58 bits per heavy atom. The number of nitriles is 1. The van der Waals surface area contributed by atoms with E-state index in [-0.39, 0.29) is 24.0 Å². The molecule has 4 atom stereocenters. The van der Waals surface area contributed by atoms with Crippen molar-refractivity contribution in [2.75, 3.05) is 0 Å². The zero-order valence-electron chi connectivity index (χ0n) is 19.7. The van der Waals surface area contributed by atoms with Crippen LogP contribution in [0.1, 0.15) is 59.8 Å². The second-order valence-corrected chi connectivity index (χ2v) is 9.41. The van der Waals surface area contributed by atoms with Gasteiger partial charge in [-0.15, -0.1) is 0 Å². The van der Waals surface area contributed by atoms with Crippen LogP contribution in [-0.2, 0) is 6.42 Å². The number of halogens is 3. The number of benzene rings is 1. The highest BCUT2D eigenvalue weighted by atomic mass is 19.1. The van der Waals surface area contributed by atoms with Gasteiger partial charge < -0.3 is 10.2 Å². The van der Waals surface area contributed by atoms with E-state index >= 15 is 0 Å². The highest BCUT2D eigenvalue weighted by Crippen LogP contribution is 2.42. The third-order valence-corrected chi connectivity index (χ3v) is 7.13. The lowest BCUT2D eigenvalue weighted by Crippen LogP contribution is -2.49. The molecule has 2 aromatic heterocycles. The SMILES string of the molecule is C[C@H]1C[C@@H](c2ccncc2CC(=O)c2ccc(F)c(-c3c(F)ccc(C#N)c3F)n2)C[C@@H](O)[C@]1(C)O. The van der Waals surface area contributed by atoms with Gasteiger partial charge >= 0.3 is 0 Å². The van der Waals surface area contributed by atoms with Crippen LogP contribution in [0.15, 0.2) is 42.7 Å². The van der Waals surface area contributed by atoms with Gasteiger partial charge in [0.25, 0.3) is 0 Å². The smallest absolute Gasteiger partial charge is 0.185 e. The normalized spacial score (nSPS) is 23.8. The molecule has 3 aromatic rings. The van der Waals surface area contributed by atoms with Crippen molar-refractivity contribution in [1.82, 2.24) is 9.97 Å². The largest absolute Gasteiger partial charge is 0.390 e. The maximum absolute atomic E-state index is 14.7. The van der Waals surface area contributed by atoms with Crippen LogP contribution >= 0.6 is 0 Å². The molecule has 1 saturated carbocycles. The summed E-state index contributed by atoms with van der Waals surface area (Å²) in [4.78, 5) is 21.1. The van der Waals surface area contributed by atoms with E-state index in [1.54, 1.807) is 25.3 Å². The maximum atomic E-state index is 14.7. The zero-order valence-corrected chi connectivity index (χ0v) is 19.7. The average Bonchev–Trinajstić information content (AvgIpc) is 2.84. The van der Waals surface area contributed by atoms with Crippen LogP contribution in [0, 0.1) is 34.7 Å². The van der Waals surface area contributed by atoms with E-state index in [1.807, 2.05) is 6.92 Å². The van der Waals surface area contributed by atoms with Gasteiger partial charge in [0.05, 0.1) is 22.8 Å². The molecular formula is C27H24F3N3O3. The number of hydrogen-bond donors (Lipinski definition) is 2. The Bertz CT molecular complexity index is 1360. The van der Waals surface area contributed by atoms with E-state index in [1.165, 1.54) is 6.20 Å². The Morgan fingerprint density at radius 2 is 1.89 bits per heavy atom. The minimum atomic E-state index is -1.26. The number of hydrogen-bond acceptors (Lipinski definition) is 6. The molecule has 0 radical (unpaired) electrons. The Labute approximate surface area is 206 Å². The number of rotatable bonds is 5. The number of carbonyl (C=O) groups excluding carboxylic acids is 1. The van der Waals surface area contributed by atoms with Crippen molar-refractivity contribution in [1.29, 1.82) is 5.26 Å². The first-order valence-electron chi connectivity index (χ1n) is 11.5. The fourth-order valence-electron chi connectivity index (χ4n) is 4.73. The molecule has 2 heterocycles. The van der Waals surface area contributed by atoms with Crippen LogP contribution in [0.2, 0.25) is 0 Å². The molecule has 9 heteroatoms. The van der Waals surface area contributed by atoms with Crippen molar-refractivity contribution in [3.8, 4) is 17.3 Å². The quantitative estimate of drug-likeness (QED) is 0.506. The van der Waals surface area contributed by atoms with Gasteiger partial charge in [-0.25, -0.2) is 18.2 Å². The third-order valence-electron chi connectivity index (χ3n) is 7.13. The van der Waals surface area contributed by atoms with Crippen LogP contribution in [-0.4, -0.2) is 37.7 Å². The summed E-state index contributed by atoms with van der Waals surface area (Å²) in [6.45, 7) is 3.45. The van der Waals surface area contributed by atoms with Crippen molar-refractivity contribution in [3.05, 3.63) is 82.6 Å². The molecule has 1 aliphatic carbocycles. The molecule has 0 amide bonds. The van der Waals surface area contributed by atoms with Crippen molar-refractivity contribution < 1.29 is 28.2 Å². The van der Waals surface area contributed by atoms with Gasteiger partial charge in [0.1, 0.15) is 29.1 Å². The minimum Gasteiger partial charge on any atom is -0.390 e. The molecule has 1 aliphatic rings. The summed E-state index contributed by atoms with van der Waals surface area (Å²) in [7, 11) is 0. The second-order valence-electron chi connectivity index (χ2n) is 9.41. The van der Waals surface area contributed by atoms with E-state index in [0.29, 0.717) is 18.4 Å². The van der Waals surface area contributed by atoms with Gasteiger partial charge in [0.2, 0.25) is 0 Å². The molecule has 186 valence electrons. The first-order chi connectivity index (χ1) is 17.0. The number of ketones is 1. The van der Waals surface area contributed by atoms with Gasteiger partial charge in [-0.2, -0.15) is 5.26 Å². The van der Waals surface area contributed by atoms with E-state index in [4.69, 9.17) is 5.26 Å². The van der Waals surface area contributed by atoms with E-state index in [9.17, 15) is 28.2 Å². The Kier molecular flexibility index (Phi) is 6.94. The molecule has 0 saturated heterocycles. The number of aliphatic hydroxyl groups excluding tert-OH is 1. The second kappa shape index (κ2) is 9.80. The standard InChI is InChI=1S/C27H24F3N3O3/c1-14-9-16(11-23(35)27(14,2)36)18-7-8-32-13-17(18)10-22(34)21-6-5-20(29)26(33-21)24-19(28)4-3-15(12-31)25(24)30/h3-8,13-14,16,23,35-36H,9-11H2,1-2H3/t14-,16+,23+,27+/m0/s1. The Balaban J connectivity index is 1.66. The van der Waals surface area contributed by atoms with Gasteiger partial charge in [0.15, 0.2) is 11.6 Å². The summed E-state index contributed by atoms with van der Waals surface area (Å²) in [5.41, 5.74) is -2.06. The Hall–Kier alpha value is -3.61. The predicted octanol–water partition coefficient (Wildman–Crippen LogP) is 4.48. The molecular weight excluding hydrogens is 471 g/mol. The summed E-state index contributed by atoms with van der Waals surface area (Å²) in [6.07, 6.45) is 2.88. The van der Waals surface area contributed by atoms with Gasteiger partial charge in [0, 0.05) is 18.8 Å². The fourth-order valence-corrected chi connectivity index (χ4v) is 4.73. The van der Waals surface area contributed by atoms with Crippen LogP contribution in [0.4, 0.5) is 13.2 Å². The number of Topliss-reactive ketones (excluding diaryl/α,β-unsaturated/α-hetero) is 1. The third kappa shape index (κ3) is 4.62. The van der Waals surface area contributed by atoms with E-state index in [2.05, 4.69) is 9.97 Å². The van der Waals surface area contributed by atoms with Crippen molar-refractivity contribution >= 4 is 5.78 Å². The van der Waals surface area contributed by atoms with Crippen LogP contribution in [0.25, 0.3) is 11.3 Å². The molecule has 0 bridgehead atoms. The van der Waals surface area contributed by atoms with E-state index < -0.39 is 51.8 Å². The molecule has 4 rings (SSSR count). The number of aliphatic hydroxyl groups is 2. The minimum absolute atomic E-state index is 0.130. The summed E-state index contributed by atoms with van der Waals surface area (Å²) in [6, 6.07) is 7.14. The molecule has 36 heavy (non-hydrogen) atoms. The number of carbonyl (C=O) groups is 1. The summed E-state index contributed by atoms with van der Waals surface area (Å²) < 4.78 is 43.6. The maximum Gasteiger partial charge on any atom is 0.185 e. The fraction of sp³-hybridized carbons (Fsp3) is 0.333. The molecule has 6 nitrogen and oxygen atoms in total. The molecule has 1 fully saturated rings. The molecule has 0 spiro atoms. The lowest BCUT2D eigenvalue weighted by atomic mass is 9.68. The van der Waals surface area contributed by atoms with E-state index in [0.717, 1.165) is 29.8 Å². The van der Waals surface area contributed by atoms with Crippen molar-refractivity contribution in [3.63, 3.8) is 0 Å². The summed E-state index contributed by atoms with van der Waals surface area (Å²) in [5.74, 6) is -4.27. The zero-order chi connectivity index (χ0) is 26.2. The average molecular weight is 496 g/mol. The first-order valence-corrected chi connectivity index (χ1v) is 11.5. The number of nitrogens with zero attached hydrogens (tertiary/aromatic N) is 3. The molecule has 2 N–H and O–H groups in total. The predicted molar refractivity (Wildman–Crippen MR) is 124 cm³/mol. The lowest BCUT2D eigenvalue weighted by molar-refractivity contribution is -0.123. The van der Waals surface area contributed by atoms with Gasteiger partial charge in [-0.05, 0) is 73.1 Å². The number of pyridine rings is 2.